The maximum atomic E-state index is 11.1. The maximum absolute atomic E-state index is 11.1. The van der Waals surface area contributed by atoms with Crippen molar-refractivity contribution < 1.29 is 13.2 Å². The normalized spacial score (nSPS) is 11.6. The fraction of sp³-hybridized carbons (Fsp3) is 0.278. The van der Waals surface area contributed by atoms with Gasteiger partial charge in [-0.15, -0.1) is 22.7 Å². The van der Waals surface area contributed by atoms with E-state index in [2.05, 4.69) is 4.72 Å². The number of nitrogens with zero attached hydrogens (tertiary/aromatic N) is 1. The summed E-state index contributed by atoms with van der Waals surface area (Å²) in [5.74, 6) is 0.846. The average Bonchev–Trinajstić information content (AvgIpc) is 3.23. The third-order valence-electron chi connectivity index (χ3n) is 3.55. The van der Waals surface area contributed by atoms with Crippen molar-refractivity contribution in [3.63, 3.8) is 0 Å². The number of benzene rings is 1. The number of ether oxygens (including phenoxy) is 1. The number of nitrogens with one attached hydrogen (secondary N) is 1. The summed E-state index contributed by atoms with van der Waals surface area (Å²) < 4.78 is 30.3. The Balaban J connectivity index is 1.71. The van der Waals surface area contributed by atoms with E-state index in [1.54, 1.807) is 22.7 Å². The van der Waals surface area contributed by atoms with Crippen LogP contribution in [-0.2, 0) is 16.4 Å². The summed E-state index contributed by atoms with van der Waals surface area (Å²) >= 11 is 3.24. The minimum Gasteiger partial charge on any atom is -0.494 e. The number of hydrogen-bond acceptors (Lipinski definition) is 6. The summed E-state index contributed by atoms with van der Waals surface area (Å²) in [6.07, 6.45) is 1.84. The predicted octanol–water partition coefficient (Wildman–Crippen LogP) is 4.03. The van der Waals surface area contributed by atoms with Crippen molar-refractivity contribution in [1.82, 2.24) is 9.71 Å². The Morgan fingerprint density at radius 2 is 2.08 bits per heavy atom. The lowest BCUT2D eigenvalue weighted by atomic mass is 10.2. The topological polar surface area (TPSA) is 68.3 Å². The van der Waals surface area contributed by atoms with E-state index in [1.807, 2.05) is 48.7 Å². The van der Waals surface area contributed by atoms with Crippen molar-refractivity contribution in [2.75, 3.05) is 19.4 Å². The molecule has 0 aliphatic heterocycles. The largest absolute Gasteiger partial charge is 0.494 e. The third kappa shape index (κ3) is 5.14. The zero-order chi connectivity index (χ0) is 18.6. The molecule has 0 aliphatic carbocycles. The molecule has 0 saturated heterocycles. The molecule has 3 aromatic rings. The molecule has 1 N–H and O–H groups in total. The zero-order valence-electron chi connectivity index (χ0n) is 14.6. The fourth-order valence-corrected chi connectivity index (χ4v) is 4.75. The first-order valence-electron chi connectivity index (χ1n) is 8.17. The van der Waals surface area contributed by atoms with Gasteiger partial charge in [-0.05, 0) is 37.6 Å². The van der Waals surface area contributed by atoms with Gasteiger partial charge in [-0.3, -0.25) is 0 Å². The van der Waals surface area contributed by atoms with Crippen LogP contribution in [0.5, 0.6) is 5.75 Å². The second-order valence-corrected chi connectivity index (χ2v) is 9.54. The molecule has 0 radical (unpaired) electrons. The molecule has 0 aliphatic rings. The SMILES string of the molecule is CCOc1cccc(-c2nc(-c3ccc(CCNS(C)(=O)=O)s3)cs2)c1. The van der Waals surface area contributed by atoms with Crippen molar-refractivity contribution in [1.29, 1.82) is 0 Å². The Morgan fingerprint density at radius 3 is 2.85 bits per heavy atom. The summed E-state index contributed by atoms with van der Waals surface area (Å²) in [7, 11) is -3.14. The first kappa shape index (κ1) is 19.0. The smallest absolute Gasteiger partial charge is 0.208 e. The molecule has 3 rings (SSSR count). The van der Waals surface area contributed by atoms with Crippen LogP contribution in [-0.4, -0.2) is 32.8 Å². The quantitative estimate of drug-likeness (QED) is 0.611. The van der Waals surface area contributed by atoms with Crippen LogP contribution >= 0.6 is 22.7 Å². The summed E-state index contributed by atoms with van der Waals surface area (Å²) in [6.45, 7) is 3.01. The predicted molar refractivity (Wildman–Crippen MR) is 109 cm³/mol. The highest BCUT2D eigenvalue weighted by atomic mass is 32.2. The lowest BCUT2D eigenvalue weighted by Crippen LogP contribution is -2.23. The van der Waals surface area contributed by atoms with Gasteiger partial charge in [-0.2, -0.15) is 0 Å². The third-order valence-corrected chi connectivity index (χ3v) is 6.33. The van der Waals surface area contributed by atoms with Crippen molar-refractivity contribution >= 4 is 32.7 Å². The molecule has 0 amide bonds. The molecular formula is C18H20N2O3S3. The minimum absolute atomic E-state index is 0.408. The van der Waals surface area contributed by atoms with Crippen LogP contribution in [0.2, 0.25) is 0 Å². The molecule has 0 unspecified atom stereocenters. The van der Waals surface area contributed by atoms with Crippen LogP contribution in [0.4, 0.5) is 0 Å². The Morgan fingerprint density at radius 1 is 1.23 bits per heavy atom. The van der Waals surface area contributed by atoms with Gasteiger partial charge in [0.25, 0.3) is 0 Å². The van der Waals surface area contributed by atoms with E-state index >= 15 is 0 Å². The monoisotopic (exact) mass is 408 g/mol. The van der Waals surface area contributed by atoms with Crippen molar-refractivity contribution in [3.8, 4) is 26.9 Å². The van der Waals surface area contributed by atoms with Crippen LogP contribution in [0.3, 0.4) is 0 Å². The highest BCUT2D eigenvalue weighted by molar-refractivity contribution is 7.88. The van der Waals surface area contributed by atoms with E-state index < -0.39 is 10.0 Å². The molecule has 2 heterocycles. The zero-order valence-corrected chi connectivity index (χ0v) is 17.0. The molecule has 0 spiro atoms. The van der Waals surface area contributed by atoms with Crippen LogP contribution in [0, 0.1) is 0 Å². The number of thiazole rings is 1. The second kappa shape index (κ2) is 8.30. The van der Waals surface area contributed by atoms with E-state index in [0.29, 0.717) is 19.6 Å². The maximum Gasteiger partial charge on any atom is 0.208 e. The van der Waals surface area contributed by atoms with Gasteiger partial charge in [0.05, 0.1) is 23.4 Å². The number of aromatic nitrogens is 1. The summed E-state index contributed by atoms with van der Waals surface area (Å²) in [5.41, 5.74) is 1.99. The van der Waals surface area contributed by atoms with Crippen LogP contribution in [0.1, 0.15) is 11.8 Å². The molecule has 1 aromatic carbocycles. The van der Waals surface area contributed by atoms with Gasteiger partial charge in [-0.1, -0.05) is 12.1 Å². The number of hydrogen-bond donors (Lipinski definition) is 1. The van der Waals surface area contributed by atoms with Gasteiger partial charge in [0, 0.05) is 22.4 Å². The molecule has 0 atom stereocenters. The molecule has 8 heteroatoms. The molecular weight excluding hydrogens is 388 g/mol. The van der Waals surface area contributed by atoms with Crippen molar-refractivity contribution in [3.05, 3.63) is 46.7 Å². The lowest BCUT2D eigenvalue weighted by Gasteiger charge is -2.03. The van der Waals surface area contributed by atoms with Crippen LogP contribution in [0.15, 0.2) is 41.8 Å². The van der Waals surface area contributed by atoms with Gasteiger partial charge >= 0.3 is 0 Å². The minimum atomic E-state index is -3.14. The van der Waals surface area contributed by atoms with Gasteiger partial charge in [-0.25, -0.2) is 18.1 Å². The first-order chi connectivity index (χ1) is 12.4. The van der Waals surface area contributed by atoms with E-state index in [9.17, 15) is 8.42 Å². The first-order valence-corrected chi connectivity index (χ1v) is 11.8. The van der Waals surface area contributed by atoms with Crippen molar-refractivity contribution in [2.45, 2.75) is 13.3 Å². The highest BCUT2D eigenvalue weighted by Crippen LogP contribution is 2.33. The van der Waals surface area contributed by atoms with Gasteiger partial charge in [0.1, 0.15) is 10.8 Å². The Kier molecular flexibility index (Phi) is 6.08. The molecule has 5 nitrogen and oxygen atoms in total. The molecule has 0 saturated carbocycles. The van der Waals surface area contributed by atoms with Gasteiger partial charge in [0.2, 0.25) is 10.0 Å². The Bertz CT molecular complexity index is 977. The molecule has 26 heavy (non-hydrogen) atoms. The lowest BCUT2D eigenvalue weighted by molar-refractivity contribution is 0.340. The second-order valence-electron chi connectivity index (χ2n) is 5.68. The number of rotatable bonds is 8. The molecule has 138 valence electrons. The van der Waals surface area contributed by atoms with Gasteiger partial charge in [0.15, 0.2) is 0 Å². The number of sulfonamides is 1. The summed E-state index contributed by atoms with van der Waals surface area (Å²) in [5, 5.41) is 3.00. The van der Waals surface area contributed by atoms with Crippen molar-refractivity contribution in [2.24, 2.45) is 0 Å². The molecule has 0 bridgehead atoms. The van der Waals surface area contributed by atoms with Gasteiger partial charge < -0.3 is 4.74 Å². The van der Waals surface area contributed by atoms with Crippen LogP contribution in [0.25, 0.3) is 21.1 Å². The van der Waals surface area contributed by atoms with E-state index in [-0.39, 0.29) is 0 Å². The fourth-order valence-electron chi connectivity index (χ4n) is 2.41. The summed E-state index contributed by atoms with van der Waals surface area (Å²) in [4.78, 5) is 6.96. The Hall–Kier alpha value is -1.74. The van der Waals surface area contributed by atoms with E-state index in [0.717, 1.165) is 31.8 Å². The van der Waals surface area contributed by atoms with E-state index in [4.69, 9.17) is 9.72 Å². The standard InChI is InChI=1S/C18H20N2O3S3/c1-3-23-14-6-4-5-13(11-14)18-20-16(12-24-18)17-8-7-15(25-17)9-10-19-26(2,21)22/h4-8,11-12,19H,3,9-10H2,1-2H3. The average molecular weight is 409 g/mol. The molecule has 2 aromatic heterocycles. The summed E-state index contributed by atoms with van der Waals surface area (Å²) in [6, 6.07) is 12.0. The van der Waals surface area contributed by atoms with E-state index in [1.165, 1.54) is 6.26 Å². The molecule has 0 fully saturated rings. The Labute approximate surface area is 161 Å². The highest BCUT2D eigenvalue weighted by Gasteiger charge is 2.10. The number of thiophene rings is 1. The van der Waals surface area contributed by atoms with Crippen LogP contribution < -0.4 is 9.46 Å².